The van der Waals surface area contributed by atoms with Gasteiger partial charge in [0.15, 0.2) is 0 Å². The Hall–Kier alpha value is -2.62. The Morgan fingerprint density at radius 2 is 1.56 bits per heavy atom. The van der Waals surface area contributed by atoms with Crippen LogP contribution in [0, 0.1) is 0 Å². The van der Waals surface area contributed by atoms with Gasteiger partial charge in [-0.25, -0.2) is 0 Å². The number of aliphatic hydroxyl groups excluding tert-OH is 1. The predicted molar refractivity (Wildman–Crippen MR) is 148 cm³/mol. The van der Waals surface area contributed by atoms with Gasteiger partial charge in [-0.1, -0.05) is 81.5 Å². The van der Waals surface area contributed by atoms with Gasteiger partial charge in [0.2, 0.25) is 0 Å². The van der Waals surface area contributed by atoms with Gasteiger partial charge in [0.25, 0.3) is 0 Å². The molecule has 3 nitrogen and oxygen atoms in total. The van der Waals surface area contributed by atoms with Gasteiger partial charge in [-0.15, -0.1) is 0 Å². The summed E-state index contributed by atoms with van der Waals surface area (Å²) < 4.78 is 0. The van der Waals surface area contributed by atoms with Gasteiger partial charge >= 0.3 is 0 Å². The van der Waals surface area contributed by atoms with Crippen molar-refractivity contribution < 1.29 is 5.11 Å². The minimum Gasteiger partial charge on any atom is -0.396 e. The van der Waals surface area contributed by atoms with E-state index >= 15 is 0 Å². The highest BCUT2D eigenvalue weighted by molar-refractivity contribution is 5.99. The number of anilines is 1. The average Bonchev–Trinajstić information content (AvgIpc) is 2.90. The summed E-state index contributed by atoms with van der Waals surface area (Å²) in [4.78, 5) is 5.02. The molecule has 1 fully saturated rings. The fraction of sp³-hybridized carbons (Fsp3) is 0.419. The number of likely N-dealkylation sites (N-methyl/N-ethyl adjacent to an activating group) is 1. The Kier molecular flexibility index (Phi) is 10.7. The quantitative estimate of drug-likeness (QED) is 0.296. The lowest BCUT2D eigenvalue weighted by atomic mass is 9.86. The van der Waals surface area contributed by atoms with E-state index in [1.54, 1.807) is 0 Å². The van der Waals surface area contributed by atoms with E-state index in [4.69, 9.17) is 0 Å². The number of nitrogens with zero attached hydrogens (tertiary/aromatic N) is 2. The molecule has 2 aromatic rings. The summed E-state index contributed by atoms with van der Waals surface area (Å²) in [5, 5.41) is 9.65. The highest BCUT2D eigenvalue weighted by atomic mass is 16.2. The zero-order valence-corrected chi connectivity index (χ0v) is 21.3. The molecule has 1 aliphatic heterocycles. The van der Waals surface area contributed by atoms with Gasteiger partial charge < -0.3 is 14.9 Å². The van der Waals surface area contributed by atoms with E-state index < -0.39 is 0 Å². The summed E-state index contributed by atoms with van der Waals surface area (Å²) in [6, 6.07) is 19.8. The molecule has 0 saturated carbocycles. The second-order valence-corrected chi connectivity index (χ2v) is 8.89. The van der Waals surface area contributed by atoms with E-state index in [2.05, 4.69) is 103 Å². The van der Waals surface area contributed by atoms with Crippen molar-refractivity contribution in [2.45, 2.75) is 46.5 Å². The Morgan fingerprint density at radius 1 is 0.853 bits per heavy atom. The molecule has 3 heteroatoms. The minimum absolute atomic E-state index is 0.198. The third-order valence-corrected chi connectivity index (χ3v) is 6.60. The molecule has 1 N–H and O–H groups in total. The summed E-state index contributed by atoms with van der Waals surface area (Å²) in [7, 11) is 0. The molecule has 0 aromatic heterocycles. The van der Waals surface area contributed by atoms with Crippen LogP contribution in [0.4, 0.5) is 5.69 Å². The molecule has 1 aliphatic rings. The zero-order chi connectivity index (χ0) is 24.2. The minimum atomic E-state index is 0.198. The first-order valence-electron chi connectivity index (χ1n) is 13.1. The van der Waals surface area contributed by atoms with Gasteiger partial charge in [0, 0.05) is 38.5 Å². The number of piperazine rings is 1. The zero-order valence-electron chi connectivity index (χ0n) is 21.3. The Morgan fingerprint density at radius 3 is 2.15 bits per heavy atom. The normalized spacial score (nSPS) is 16.2. The fourth-order valence-corrected chi connectivity index (χ4v) is 4.70. The molecule has 0 spiro atoms. The molecule has 0 unspecified atom stereocenters. The first kappa shape index (κ1) is 26.0. The van der Waals surface area contributed by atoms with Gasteiger partial charge in [-0.05, 0) is 72.2 Å². The fourth-order valence-electron chi connectivity index (χ4n) is 4.70. The molecule has 34 heavy (non-hydrogen) atoms. The second-order valence-electron chi connectivity index (χ2n) is 8.89. The predicted octanol–water partition coefficient (Wildman–Crippen LogP) is 6.81. The molecule has 0 amide bonds. The first-order chi connectivity index (χ1) is 16.7. The molecule has 0 atom stereocenters. The van der Waals surface area contributed by atoms with E-state index in [1.807, 2.05) is 0 Å². The van der Waals surface area contributed by atoms with Crippen LogP contribution in [0.15, 0.2) is 78.4 Å². The van der Waals surface area contributed by atoms with Crippen LogP contribution < -0.4 is 4.90 Å². The second kappa shape index (κ2) is 13.9. The Balaban J connectivity index is 2.07. The Labute approximate surface area is 207 Å². The number of hydrogen-bond acceptors (Lipinski definition) is 3. The van der Waals surface area contributed by atoms with Crippen LogP contribution in [0.5, 0.6) is 0 Å². The van der Waals surface area contributed by atoms with E-state index in [0.29, 0.717) is 0 Å². The topological polar surface area (TPSA) is 26.7 Å². The standard InChI is InChI=1S/C31H42N2O/c1-4-7-13-27(12-5-2)31(30(16-11-25-34)26-14-9-8-10-15-26)28-17-19-29(20-18-28)33-23-21-32(6-3)22-24-33/h7-10,12-15,17-20,34H,4-6,11,16,21-25H2,1-3H3/b13-7-,27-12+,31-30-. The molecule has 182 valence electrons. The number of benzene rings is 2. The molecule has 0 radical (unpaired) electrons. The molecule has 3 rings (SSSR count). The van der Waals surface area contributed by atoms with E-state index in [9.17, 15) is 5.11 Å². The lowest BCUT2D eigenvalue weighted by Gasteiger charge is -2.35. The molecule has 0 aliphatic carbocycles. The summed E-state index contributed by atoms with van der Waals surface area (Å²) in [6.07, 6.45) is 10.4. The smallest absolute Gasteiger partial charge is 0.0434 e. The summed E-state index contributed by atoms with van der Waals surface area (Å²) in [6.45, 7) is 12.4. The monoisotopic (exact) mass is 458 g/mol. The van der Waals surface area contributed by atoms with Crippen LogP contribution in [0.3, 0.4) is 0 Å². The van der Waals surface area contributed by atoms with Crippen LogP contribution in [0.2, 0.25) is 0 Å². The lowest BCUT2D eigenvalue weighted by Crippen LogP contribution is -2.46. The van der Waals surface area contributed by atoms with Crippen molar-refractivity contribution in [2.24, 2.45) is 0 Å². The summed E-state index contributed by atoms with van der Waals surface area (Å²) >= 11 is 0. The highest BCUT2D eigenvalue weighted by Crippen LogP contribution is 2.37. The van der Waals surface area contributed by atoms with Crippen molar-refractivity contribution in [3.8, 4) is 0 Å². The van der Waals surface area contributed by atoms with Crippen molar-refractivity contribution in [1.29, 1.82) is 0 Å². The SMILES string of the molecule is CC\C=C/C(=C\CC)C(=C(\CCCO)c1ccccc1)/c1ccc(N2CCN(CC)CC2)cc1. The van der Waals surface area contributed by atoms with Crippen molar-refractivity contribution in [3.05, 3.63) is 89.5 Å². The third kappa shape index (κ3) is 6.94. The maximum atomic E-state index is 9.65. The highest BCUT2D eigenvalue weighted by Gasteiger charge is 2.18. The maximum absolute atomic E-state index is 9.65. The van der Waals surface area contributed by atoms with Crippen LogP contribution in [0.1, 0.15) is 57.6 Å². The van der Waals surface area contributed by atoms with Crippen LogP contribution in [-0.2, 0) is 0 Å². The van der Waals surface area contributed by atoms with E-state index in [0.717, 1.165) is 58.4 Å². The largest absolute Gasteiger partial charge is 0.396 e. The molecule has 2 aromatic carbocycles. The van der Waals surface area contributed by atoms with Gasteiger partial charge in [-0.2, -0.15) is 0 Å². The van der Waals surface area contributed by atoms with Crippen LogP contribution >= 0.6 is 0 Å². The summed E-state index contributed by atoms with van der Waals surface area (Å²) in [5.41, 5.74) is 7.64. The molecule has 0 bridgehead atoms. The molecule has 1 saturated heterocycles. The van der Waals surface area contributed by atoms with Crippen molar-refractivity contribution >= 4 is 16.8 Å². The maximum Gasteiger partial charge on any atom is 0.0434 e. The molecular weight excluding hydrogens is 416 g/mol. The van der Waals surface area contributed by atoms with Gasteiger partial charge in [0.05, 0.1) is 0 Å². The number of rotatable bonds is 11. The molecule has 1 heterocycles. The van der Waals surface area contributed by atoms with Gasteiger partial charge in [0.1, 0.15) is 0 Å². The van der Waals surface area contributed by atoms with E-state index in [-0.39, 0.29) is 6.61 Å². The lowest BCUT2D eigenvalue weighted by molar-refractivity contribution is 0.271. The number of hydrogen-bond donors (Lipinski definition) is 1. The van der Waals surface area contributed by atoms with Crippen LogP contribution in [0.25, 0.3) is 11.1 Å². The first-order valence-corrected chi connectivity index (χ1v) is 13.1. The Bertz CT molecular complexity index is 949. The van der Waals surface area contributed by atoms with Crippen molar-refractivity contribution in [3.63, 3.8) is 0 Å². The van der Waals surface area contributed by atoms with E-state index in [1.165, 1.54) is 33.5 Å². The number of aliphatic hydroxyl groups is 1. The van der Waals surface area contributed by atoms with Crippen LogP contribution in [-0.4, -0.2) is 49.3 Å². The van der Waals surface area contributed by atoms with Crippen molar-refractivity contribution in [2.75, 3.05) is 44.2 Å². The average molecular weight is 459 g/mol. The summed E-state index contributed by atoms with van der Waals surface area (Å²) in [5.74, 6) is 0. The third-order valence-electron chi connectivity index (χ3n) is 6.60. The van der Waals surface area contributed by atoms with Gasteiger partial charge in [-0.3, -0.25) is 0 Å². The van der Waals surface area contributed by atoms with Crippen molar-refractivity contribution in [1.82, 2.24) is 4.90 Å². The molecular formula is C31H42N2O. The number of allylic oxidation sites excluding steroid dienone is 6.